The highest BCUT2D eigenvalue weighted by Crippen LogP contribution is 2.58. The van der Waals surface area contributed by atoms with Gasteiger partial charge in [0, 0.05) is 19.1 Å². The van der Waals surface area contributed by atoms with Crippen molar-refractivity contribution in [1.29, 1.82) is 0 Å². The van der Waals surface area contributed by atoms with Crippen LogP contribution < -0.4 is 0 Å². The Kier molecular flexibility index (Phi) is 8.32. The molecule has 0 radical (unpaired) electrons. The average molecular weight is 489 g/mol. The Morgan fingerprint density at radius 3 is 2.63 bits per heavy atom. The van der Waals surface area contributed by atoms with E-state index in [1.165, 1.54) is 11.3 Å². The highest BCUT2D eigenvalue weighted by atomic mass is 16.6. The van der Waals surface area contributed by atoms with E-state index >= 15 is 0 Å². The maximum Gasteiger partial charge on any atom is 0.312 e. The minimum Gasteiger partial charge on any atom is -0.465 e. The summed E-state index contributed by atoms with van der Waals surface area (Å²) in [7, 11) is 0. The number of unbranched alkanes of at least 4 members (excludes halogenated alkanes) is 2. The molecule has 8 heteroatoms. The molecule has 0 aromatic heterocycles. The molecule has 8 nitrogen and oxygen atoms in total. The number of carbonyl (C=O) groups excluding carboxylic acids is 3. The molecule has 1 N–H and O–H groups in total. The number of β-amino-alcohol motifs (C(OH)–C–C–N with tert-alkyl or cyclic N) is 1. The predicted octanol–water partition coefficient (Wildman–Crippen LogP) is 2.60. The van der Waals surface area contributed by atoms with E-state index in [-0.39, 0.29) is 31.0 Å². The lowest BCUT2D eigenvalue weighted by Crippen LogP contribution is -2.58. The molecular formula is C27H40N2O6. The zero-order valence-electron chi connectivity index (χ0n) is 20.7. The highest BCUT2D eigenvalue weighted by Gasteiger charge is 2.75. The summed E-state index contributed by atoms with van der Waals surface area (Å²) in [6, 6.07) is -0.741. The lowest BCUT2D eigenvalue weighted by Gasteiger charge is -2.40. The summed E-state index contributed by atoms with van der Waals surface area (Å²) in [5.41, 5.74) is -1.05. The SMILES string of the molecule is C=CCCCCOC(=O)[C@@H]1[C@@H]2CCC3(O2)C(C(=O)N(CC=C)C2CCCCC2)N(CCO)C(=O)[C@H]13. The normalized spacial score (nSPS) is 31.9. The van der Waals surface area contributed by atoms with E-state index in [1.807, 2.05) is 11.0 Å². The molecule has 3 saturated heterocycles. The third kappa shape index (κ3) is 4.67. The fourth-order valence-corrected chi connectivity index (χ4v) is 6.82. The van der Waals surface area contributed by atoms with Crippen molar-refractivity contribution in [2.75, 3.05) is 26.3 Å². The number of esters is 1. The summed E-state index contributed by atoms with van der Waals surface area (Å²) in [6.07, 6.45) is 12.0. The molecule has 1 spiro atoms. The first kappa shape index (κ1) is 25.9. The average Bonchev–Trinajstić information content (AvgIpc) is 3.50. The highest BCUT2D eigenvalue weighted by molar-refractivity contribution is 5.98. The smallest absolute Gasteiger partial charge is 0.312 e. The van der Waals surface area contributed by atoms with Crippen molar-refractivity contribution in [3.8, 4) is 0 Å². The van der Waals surface area contributed by atoms with E-state index in [4.69, 9.17) is 9.47 Å². The number of likely N-dealkylation sites (tertiary alicyclic amines) is 1. The lowest BCUT2D eigenvalue weighted by molar-refractivity contribution is -0.155. The number of hydrogen-bond donors (Lipinski definition) is 1. The Morgan fingerprint density at radius 1 is 1.17 bits per heavy atom. The topological polar surface area (TPSA) is 96.4 Å². The summed E-state index contributed by atoms with van der Waals surface area (Å²) in [6.45, 7) is 8.04. The van der Waals surface area contributed by atoms with E-state index in [1.54, 1.807) is 6.08 Å². The fourth-order valence-electron chi connectivity index (χ4n) is 6.82. The number of fused-ring (bicyclic) bond motifs is 1. The first-order chi connectivity index (χ1) is 17.0. The molecule has 5 atom stereocenters. The van der Waals surface area contributed by atoms with Gasteiger partial charge in [-0.05, 0) is 44.9 Å². The van der Waals surface area contributed by atoms with E-state index in [2.05, 4.69) is 13.2 Å². The van der Waals surface area contributed by atoms with Gasteiger partial charge in [0.1, 0.15) is 11.6 Å². The van der Waals surface area contributed by atoms with Gasteiger partial charge in [-0.1, -0.05) is 31.4 Å². The van der Waals surface area contributed by atoms with Crippen LogP contribution in [0.1, 0.15) is 64.2 Å². The second-order valence-electron chi connectivity index (χ2n) is 10.3. The largest absolute Gasteiger partial charge is 0.465 e. The van der Waals surface area contributed by atoms with Gasteiger partial charge in [0.25, 0.3) is 0 Å². The van der Waals surface area contributed by atoms with Gasteiger partial charge in [0.2, 0.25) is 11.8 Å². The van der Waals surface area contributed by atoms with E-state index in [0.717, 1.165) is 44.9 Å². The monoisotopic (exact) mass is 488 g/mol. The maximum atomic E-state index is 14.1. The lowest BCUT2D eigenvalue weighted by atomic mass is 9.70. The molecule has 2 unspecified atom stereocenters. The van der Waals surface area contributed by atoms with Crippen molar-refractivity contribution in [2.45, 2.75) is 88.0 Å². The predicted molar refractivity (Wildman–Crippen MR) is 130 cm³/mol. The van der Waals surface area contributed by atoms with Crippen LogP contribution >= 0.6 is 0 Å². The molecule has 3 aliphatic heterocycles. The summed E-state index contributed by atoms with van der Waals surface area (Å²) in [5.74, 6) is -2.31. The number of rotatable bonds is 12. The number of aliphatic hydroxyl groups is 1. The van der Waals surface area contributed by atoms with Crippen molar-refractivity contribution in [3.63, 3.8) is 0 Å². The van der Waals surface area contributed by atoms with Gasteiger partial charge in [-0.25, -0.2) is 0 Å². The van der Waals surface area contributed by atoms with Crippen LogP contribution in [-0.2, 0) is 23.9 Å². The molecular weight excluding hydrogens is 448 g/mol. The summed E-state index contributed by atoms with van der Waals surface area (Å²) < 4.78 is 12.0. The van der Waals surface area contributed by atoms with Crippen LogP contribution in [0, 0.1) is 11.8 Å². The third-order valence-corrected chi connectivity index (χ3v) is 8.32. The molecule has 0 aromatic rings. The number of amides is 2. The molecule has 2 amide bonds. The molecule has 0 aromatic carbocycles. The molecule has 4 aliphatic rings. The second-order valence-corrected chi connectivity index (χ2v) is 10.3. The van der Waals surface area contributed by atoms with E-state index in [9.17, 15) is 19.5 Å². The first-order valence-corrected chi connectivity index (χ1v) is 13.3. The number of ether oxygens (including phenoxy) is 2. The third-order valence-electron chi connectivity index (χ3n) is 8.32. The second kappa shape index (κ2) is 11.2. The van der Waals surface area contributed by atoms with E-state index in [0.29, 0.717) is 26.0 Å². The summed E-state index contributed by atoms with van der Waals surface area (Å²) in [5, 5.41) is 9.75. The molecule has 194 valence electrons. The van der Waals surface area contributed by atoms with Crippen LogP contribution in [0.4, 0.5) is 0 Å². The minimum atomic E-state index is -1.05. The standard InChI is InChI=1S/C27H40N2O6/c1-3-5-6-10-18-34-26(33)21-20-13-14-27(35-20)22(21)24(31)29(16-17-30)23(27)25(32)28(15-4-2)19-11-8-7-9-12-19/h3-4,19-23,30H,1-2,5-18H2/t20-,21+,22-,23?,27?/m0/s1. The summed E-state index contributed by atoms with van der Waals surface area (Å²) >= 11 is 0. The van der Waals surface area contributed by atoms with Crippen LogP contribution in [-0.4, -0.2) is 82.8 Å². The van der Waals surface area contributed by atoms with Crippen molar-refractivity contribution in [3.05, 3.63) is 25.3 Å². The van der Waals surface area contributed by atoms with Crippen molar-refractivity contribution in [1.82, 2.24) is 9.80 Å². The zero-order valence-corrected chi connectivity index (χ0v) is 20.7. The first-order valence-electron chi connectivity index (χ1n) is 13.3. The van der Waals surface area contributed by atoms with Crippen molar-refractivity contribution < 1.29 is 29.0 Å². The Labute approximate surface area is 208 Å². The molecule has 1 aliphatic carbocycles. The Hall–Kier alpha value is -2.19. The number of allylic oxidation sites excluding steroid dienone is 1. The Balaban J connectivity index is 1.58. The number of hydrogen-bond acceptors (Lipinski definition) is 6. The van der Waals surface area contributed by atoms with E-state index < -0.39 is 35.6 Å². The molecule has 3 heterocycles. The van der Waals surface area contributed by atoms with Gasteiger partial charge >= 0.3 is 5.97 Å². The van der Waals surface area contributed by atoms with Crippen LogP contribution in [0.3, 0.4) is 0 Å². The quantitative estimate of drug-likeness (QED) is 0.258. The molecule has 35 heavy (non-hydrogen) atoms. The minimum absolute atomic E-state index is 0.0391. The molecule has 4 rings (SSSR count). The van der Waals surface area contributed by atoms with Crippen molar-refractivity contribution >= 4 is 17.8 Å². The van der Waals surface area contributed by atoms with Gasteiger partial charge in [0.05, 0.1) is 31.2 Å². The maximum absolute atomic E-state index is 14.1. The van der Waals surface area contributed by atoms with Crippen LogP contribution in [0.2, 0.25) is 0 Å². The van der Waals surface area contributed by atoms with Crippen LogP contribution in [0.25, 0.3) is 0 Å². The number of nitrogens with zero attached hydrogens (tertiary/aromatic N) is 2. The molecule has 1 saturated carbocycles. The molecule has 2 bridgehead atoms. The zero-order chi connectivity index (χ0) is 25.0. The Bertz CT molecular complexity index is 824. The van der Waals surface area contributed by atoms with Gasteiger partial charge in [-0.15, -0.1) is 13.2 Å². The Morgan fingerprint density at radius 2 is 1.94 bits per heavy atom. The van der Waals surface area contributed by atoms with Crippen molar-refractivity contribution in [2.24, 2.45) is 11.8 Å². The van der Waals surface area contributed by atoms with Gasteiger partial charge < -0.3 is 24.4 Å². The van der Waals surface area contributed by atoms with Gasteiger partial charge in [-0.2, -0.15) is 0 Å². The summed E-state index contributed by atoms with van der Waals surface area (Å²) in [4.78, 5) is 44.3. The van der Waals surface area contributed by atoms with Gasteiger partial charge in [-0.3, -0.25) is 14.4 Å². The number of carbonyl (C=O) groups is 3. The fraction of sp³-hybridized carbons (Fsp3) is 0.741. The van der Waals surface area contributed by atoms with Gasteiger partial charge in [0.15, 0.2) is 0 Å². The number of aliphatic hydroxyl groups excluding tert-OH is 1. The van der Waals surface area contributed by atoms with Crippen LogP contribution in [0.5, 0.6) is 0 Å². The molecule has 4 fully saturated rings. The van der Waals surface area contributed by atoms with Crippen LogP contribution in [0.15, 0.2) is 25.3 Å².